The van der Waals surface area contributed by atoms with Crippen LogP contribution in [0.25, 0.3) is 0 Å². The molecule has 0 unspecified atom stereocenters. The van der Waals surface area contributed by atoms with Crippen LogP contribution in [0.5, 0.6) is 0 Å². The predicted molar refractivity (Wildman–Crippen MR) is 67.7 cm³/mol. The van der Waals surface area contributed by atoms with Gasteiger partial charge in [-0.2, -0.15) is 0 Å². The van der Waals surface area contributed by atoms with Crippen LogP contribution in [0.1, 0.15) is 46.0 Å². The maximum atomic E-state index is 11.4. The molecule has 0 aromatic carbocycles. The number of rotatable bonds is 4. The molecule has 0 bridgehead atoms. The van der Waals surface area contributed by atoms with E-state index in [1.807, 2.05) is 0 Å². The minimum absolute atomic E-state index is 0. The van der Waals surface area contributed by atoms with E-state index in [0.717, 1.165) is 32.1 Å². The molecule has 0 saturated heterocycles. The molecule has 1 fully saturated rings. The second-order valence-electron chi connectivity index (χ2n) is 4.97. The maximum absolute atomic E-state index is 11.4. The van der Waals surface area contributed by atoms with E-state index >= 15 is 0 Å². The first kappa shape index (κ1) is 17.5. The fourth-order valence-electron chi connectivity index (χ4n) is 2.96. The molecule has 0 atom stereocenters. The number of hydrogen-bond acceptors (Lipinski definition) is 2. The van der Waals surface area contributed by atoms with Crippen LogP contribution in [0, 0.1) is 17.3 Å². The third-order valence-electron chi connectivity index (χ3n) is 3.87. The molecule has 4 nitrogen and oxygen atoms in total. The number of carbonyl (C=O) groups is 2. The summed E-state index contributed by atoms with van der Waals surface area (Å²) in [6.07, 6.45) is 4.41. The average Bonchev–Trinajstić information content (AvgIpc) is 2.18. The normalized spacial score (nSPS) is 17.6. The first-order valence-electron chi connectivity index (χ1n) is 5.90. The molecule has 5 heteroatoms. The number of hydrogen-bond donors (Lipinski definition) is 2. The van der Waals surface area contributed by atoms with Gasteiger partial charge in [-0.15, -0.1) is 0 Å². The van der Waals surface area contributed by atoms with E-state index in [0.29, 0.717) is 0 Å². The van der Waals surface area contributed by atoms with E-state index in [4.69, 9.17) is 0 Å². The van der Waals surface area contributed by atoms with Gasteiger partial charge in [0, 0.05) is 0 Å². The molecule has 0 spiro atoms. The van der Waals surface area contributed by atoms with Crippen LogP contribution >= 0.6 is 0 Å². The molecule has 0 aromatic rings. The molecule has 0 aliphatic heterocycles. The van der Waals surface area contributed by atoms with Crippen molar-refractivity contribution in [3.8, 4) is 0 Å². The molecule has 1 rings (SSSR count). The van der Waals surface area contributed by atoms with Crippen molar-refractivity contribution in [3.63, 3.8) is 0 Å². The number of carboxylic acid groups (broad SMARTS) is 2. The van der Waals surface area contributed by atoms with Crippen molar-refractivity contribution in [2.75, 3.05) is 0 Å². The summed E-state index contributed by atoms with van der Waals surface area (Å²) in [5, 5.41) is 18.7. The van der Waals surface area contributed by atoms with Crippen molar-refractivity contribution in [1.82, 2.24) is 0 Å². The molecule has 17 heavy (non-hydrogen) atoms. The van der Waals surface area contributed by atoms with Gasteiger partial charge in [0.05, 0.1) is 0 Å². The van der Waals surface area contributed by atoms with Gasteiger partial charge in [-0.3, -0.25) is 9.59 Å². The van der Waals surface area contributed by atoms with Crippen molar-refractivity contribution in [3.05, 3.63) is 0 Å². The Kier molecular flexibility index (Phi) is 7.40. The average molecular weight is 368 g/mol. The van der Waals surface area contributed by atoms with E-state index in [2.05, 4.69) is 0 Å². The van der Waals surface area contributed by atoms with E-state index in [9.17, 15) is 19.8 Å². The summed E-state index contributed by atoms with van der Waals surface area (Å²) in [5.74, 6) is -2.97. The summed E-state index contributed by atoms with van der Waals surface area (Å²) in [4.78, 5) is 22.8. The quantitative estimate of drug-likeness (QED) is 0.583. The Balaban J connectivity index is 0.00000256. The minimum atomic E-state index is -1.60. The third-order valence-corrected chi connectivity index (χ3v) is 3.87. The van der Waals surface area contributed by atoms with E-state index in [1.165, 1.54) is 0 Å². The summed E-state index contributed by atoms with van der Waals surface area (Å²) in [6.45, 7) is 3.38. The van der Waals surface area contributed by atoms with Crippen LogP contribution in [0.2, 0.25) is 0 Å². The van der Waals surface area contributed by atoms with Crippen LogP contribution in [0.15, 0.2) is 0 Å². The molecule has 0 aromatic heterocycles. The van der Waals surface area contributed by atoms with Crippen molar-refractivity contribution >= 4 is 60.8 Å². The summed E-state index contributed by atoms with van der Waals surface area (Å²) in [5.41, 5.74) is -1.60. The number of aliphatic carboxylic acids is 2. The van der Waals surface area contributed by atoms with Crippen molar-refractivity contribution in [2.24, 2.45) is 17.3 Å². The van der Waals surface area contributed by atoms with Crippen LogP contribution in [0.4, 0.5) is 0 Å². The van der Waals surface area contributed by atoms with Gasteiger partial charge in [0.1, 0.15) is 0 Å². The summed E-state index contributed by atoms with van der Waals surface area (Å²) in [6, 6.07) is 0. The zero-order valence-electron chi connectivity index (χ0n) is 9.90. The Morgan fingerprint density at radius 2 is 1.47 bits per heavy atom. The van der Waals surface area contributed by atoms with Gasteiger partial charge >= 0.3 is 60.8 Å². The second-order valence-corrected chi connectivity index (χ2v) is 4.97. The van der Waals surface area contributed by atoms with E-state index in [1.54, 1.807) is 13.8 Å². The third kappa shape index (κ3) is 3.29. The topological polar surface area (TPSA) is 74.6 Å². The zero-order valence-corrected chi connectivity index (χ0v) is 9.90. The SMILES string of the molecule is CC(C)C(C(=O)O)(C(=O)O)C1CCCCC1.[BaH2]. The zero-order chi connectivity index (χ0) is 12.3. The Hall–Kier alpha value is 0.511. The Bertz CT molecular complexity index is 268. The molecule has 1 aliphatic rings. The standard InChI is InChI=1S/C12H20O4.Ba.2H/c1-8(2)12(10(13)14,11(15)16)9-6-4-3-5-7-9;;;/h8-9H,3-7H2,1-2H3,(H,13,14)(H,15,16);;;. The molecule has 1 aliphatic carbocycles. The molecule has 96 valence electrons. The summed E-state index contributed by atoms with van der Waals surface area (Å²) >= 11 is 0. The first-order valence-corrected chi connectivity index (χ1v) is 5.90. The van der Waals surface area contributed by atoms with Gasteiger partial charge in [-0.25, -0.2) is 0 Å². The van der Waals surface area contributed by atoms with Gasteiger partial charge in [-0.1, -0.05) is 33.1 Å². The van der Waals surface area contributed by atoms with Crippen molar-refractivity contribution < 1.29 is 19.8 Å². The van der Waals surface area contributed by atoms with Gasteiger partial charge in [-0.05, 0) is 24.7 Å². The molecule has 0 heterocycles. The fourth-order valence-corrected chi connectivity index (χ4v) is 2.96. The van der Waals surface area contributed by atoms with Crippen molar-refractivity contribution in [2.45, 2.75) is 46.0 Å². The molecular formula is C12H22BaO4. The van der Waals surface area contributed by atoms with Gasteiger partial charge in [0.15, 0.2) is 5.41 Å². The van der Waals surface area contributed by atoms with Crippen molar-refractivity contribution in [1.29, 1.82) is 0 Å². The molecule has 0 amide bonds. The predicted octanol–water partition coefficient (Wildman–Crippen LogP) is 1.46. The number of carboxylic acids is 2. The van der Waals surface area contributed by atoms with Crippen LogP contribution < -0.4 is 0 Å². The van der Waals surface area contributed by atoms with Gasteiger partial charge in [0.25, 0.3) is 0 Å². The molecule has 0 radical (unpaired) electrons. The van der Waals surface area contributed by atoms with Gasteiger partial charge < -0.3 is 10.2 Å². The van der Waals surface area contributed by atoms with Crippen LogP contribution in [0.3, 0.4) is 0 Å². The van der Waals surface area contributed by atoms with Gasteiger partial charge in [0.2, 0.25) is 0 Å². The molecule has 2 N–H and O–H groups in total. The first-order chi connectivity index (χ1) is 7.44. The van der Waals surface area contributed by atoms with Crippen LogP contribution in [-0.4, -0.2) is 71.0 Å². The summed E-state index contributed by atoms with van der Waals surface area (Å²) < 4.78 is 0. The molecular weight excluding hydrogens is 345 g/mol. The fraction of sp³-hybridized carbons (Fsp3) is 0.833. The summed E-state index contributed by atoms with van der Waals surface area (Å²) in [7, 11) is 0. The Labute approximate surface area is 142 Å². The van der Waals surface area contributed by atoms with E-state index < -0.39 is 17.4 Å². The second kappa shape index (κ2) is 7.19. The molecule has 1 saturated carbocycles. The Morgan fingerprint density at radius 1 is 1.06 bits per heavy atom. The van der Waals surface area contributed by atoms with E-state index in [-0.39, 0.29) is 60.7 Å². The van der Waals surface area contributed by atoms with Crippen LogP contribution in [-0.2, 0) is 9.59 Å². The Morgan fingerprint density at radius 3 is 1.76 bits per heavy atom. The monoisotopic (exact) mass is 368 g/mol.